The third-order valence-electron chi connectivity index (χ3n) is 6.81. The summed E-state index contributed by atoms with van der Waals surface area (Å²) in [7, 11) is 0. The Hall–Kier alpha value is -1.06. The van der Waals surface area contributed by atoms with Crippen molar-refractivity contribution in [2.75, 3.05) is 0 Å². The minimum absolute atomic E-state index is 0.264. The van der Waals surface area contributed by atoms with Gasteiger partial charge in [0, 0.05) is 0 Å². The number of aliphatic carboxylic acids is 2. The Morgan fingerprint density at radius 3 is 1.06 bits per heavy atom. The normalized spacial score (nSPS) is 12.2. The van der Waals surface area contributed by atoms with Crippen molar-refractivity contribution in [2.45, 2.75) is 156 Å². The van der Waals surface area contributed by atoms with Gasteiger partial charge in [-0.05, 0) is 24.7 Å². The van der Waals surface area contributed by atoms with Crippen LogP contribution in [0.3, 0.4) is 0 Å². The van der Waals surface area contributed by atoms with Crippen LogP contribution < -0.4 is 0 Å². The van der Waals surface area contributed by atoms with E-state index in [1.807, 2.05) is 0 Å². The van der Waals surface area contributed by atoms with E-state index in [1.165, 1.54) is 77.0 Å². The number of unbranched alkanes of at least 4 members (excludes halogenated alkanes) is 15. The summed E-state index contributed by atoms with van der Waals surface area (Å²) in [5.41, 5.74) is -1.16. The van der Waals surface area contributed by atoms with Crippen LogP contribution in [0, 0.1) is 10.8 Å². The molecule has 0 rings (SSSR count). The average molecular weight is 455 g/mol. The van der Waals surface area contributed by atoms with Crippen molar-refractivity contribution in [2.24, 2.45) is 10.8 Å². The Kier molecular flexibility index (Phi) is 17.8. The first-order valence-corrected chi connectivity index (χ1v) is 13.6. The van der Waals surface area contributed by atoms with E-state index in [0.717, 1.165) is 25.7 Å². The standard InChI is InChI=1S/C28H54O4/c1-5-6-7-8-9-10-14-17-20-23-28(25(29)30,26(31)32)24-21-18-15-12-11-13-16-19-22-27(2,3)4/h5-24H2,1-4H3,(H,29,30)(H,31,32). The molecule has 0 heterocycles. The monoisotopic (exact) mass is 454 g/mol. The fourth-order valence-electron chi connectivity index (χ4n) is 4.52. The first-order chi connectivity index (χ1) is 15.2. The van der Waals surface area contributed by atoms with Crippen LogP contribution >= 0.6 is 0 Å². The Labute approximate surface area is 199 Å². The van der Waals surface area contributed by atoms with Gasteiger partial charge in [-0.15, -0.1) is 0 Å². The maximum atomic E-state index is 11.9. The molecule has 0 fully saturated rings. The van der Waals surface area contributed by atoms with Crippen LogP contribution in [0.5, 0.6) is 0 Å². The quantitative estimate of drug-likeness (QED) is 0.126. The molecular weight excluding hydrogens is 400 g/mol. The third-order valence-corrected chi connectivity index (χ3v) is 6.81. The number of carbonyl (C=O) groups is 2. The van der Waals surface area contributed by atoms with Gasteiger partial charge in [0.15, 0.2) is 5.41 Å². The molecule has 190 valence electrons. The largest absolute Gasteiger partial charge is 0.480 e. The lowest BCUT2D eigenvalue weighted by Crippen LogP contribution is -2.39. The summed E-state index contributed by atoms with van der Waals surface area (Å²) < 4.78 is 0. The highest BCUT2D eigenvalue weighted by molar-refractivity contribution is 5.98. The van der Waals surface area contributed by atoms with Gasteiger partial charge in [-0.3, -0.25) is 9.59 Å². The minimum atomic E-state index is -1.59. The van der Waals surface area contributed by atoms with E-state index in [-0.39, 0.29) is 12.8 Å². The first kappa shape index (κ1) is 30.9. The van der Waals surface area contributed by atoms with Crippen LogP contribution in [0.2, 0.25) is 0 Å². The fourth-order valence-corrected chi connectivity index (χ4v) is 4.52. The molecule has 0 atom stereocenters. The predicted octanol–water partition coefficient (Wildman–Crippen LogP) is 9.01. The van der Waals surface area contributed by atoms with Gasteiger partial charge in [-0.2, -0.15) is 0 Å². The summed E-state index contributed by atoms with van der Waals surface area (Å²) in [5.74, 6) is -2.30. The molecule has 0 unspecified atom stereocenters. The molecule has 0 bridgehead atoms. The van der Waals surface area contributed by atoms with Crippen LogP contribution in [-0.4, -0.2) is 22.2 Å². The number of rotatable bonds is 22. The predicted molar refractivity (Wildman–Crippen MR) is 135 cm³/mol. The lowest BCUT2D eigenvalue weighted by Gasteiger charge is -2.25. The summed E-state index contributed by atoms with van der Waals surface area (Å²) in [6, 6.07) is 0. The molecule has 0 aliphatic carbocycles. The molecule has 4 nitrogen and oxygen atoms in total. The van der Waals surface area contributed by atoms with E-state index in [2.05, 4.69) is 27.7 Å². The molecule has 4 heteroatoms. The van der Waals surface area contributed by atoms with Gasteiger partial charge in [0.25, 0.3) is 0 Å². The molecule has 0 saturated heterocycles. The summed E-state index contributed by atoms with van der Waals surface area (Å²) >= 11 is 0. The molecule has 0 radical (unpaired) electrons. The van der Waals surface area contributed by atoms with Gasteiger partial charge in [-0.25, -0.2) is 0 Å². The Morgan fingerprint density at radius 1 is 0.500 bits per heavy atom. The Balaban J connectivity index is 4.04. The molecule has 0 aromatic heterocycles. The van der Waals surface area contributed by atoms with Crippen molar-refractivity contribution in [3.05, 3.63) is 0 Å². The maximum Gasteiger partial charge on any atom is 0.321 e. The number of carboxylic acid groups (broad SMARTS) is 2. The van der Waals surface area contributed by atoms with E-state index in [1.54, 1.807) is 0 Å². The van der Waals surface area contributed by atoms with E-state index in [0.29, 0.717) is 18.3 Å². The molecule has 0 aliphatic rings. The van der Waals surface area contributed by atoms with Gasteiger partial charge >= 0.3 is 11.9 Å². The highest BCUT2D eigenvalue weighted by atomic mass is 16.4. The van der Waals surface area contributed by atoms with Crippen molar-refractivity contribution < 1.29 is 19.8 Å². The van der Waals surface area contributed by atoms with Gasteiger partial charge in [-0.1, -0.05) is 137 Å². The van der Waals surface area contributed by atoms with Gasteiger partial charge in [0.2, 0.25) is 0 Å². The number of carboxylic acids is 2. The molecule has 32 heavy (non-hydrogen) atoms. The summed E-state index contributed by atoms with van der Waals surface area (Å²) in [6.07, 6.45) is 21.0. The van der Waals surface area contributed by atoms with Crippen molar-refractivity contribution in [3.8, 4) is 0 Å². The second kappa shape index (κ2) is 18.4. The Bertz CT molecular complexity index is 464. The van der Waals surface area contributed by atoms with E-state index in [9.17, 15) is 19.8 Å². The average Bonchev–Trinajstić information content (AvgIpc) is 2.71. The lowest BCUT2D eigenvalue weighted by molar-refractivity contribution is -0.166. The topological polar surface area (TPSA) is 74.6 Å². The highest BCUT2D eigenvalue weighted by Crippen LogP contribution is 2.33. The molecular formula is C28H54O4. The third kappa shape index (κ3) is 15.7. The zero-order chi connectivity index (χ0) is 24.3. The van der Waals surface area contributed by atoms with Crippen LogP contribution in [0.1, 0.15) is 156 Å². The SMILES string of the molecule is CCCCCCCCCCCC(CCCCCCCCCCC(C)(C)C)(C(=O)O)C(=O)O. The van der Waals surface area contributed by atoms with Crippen LogP contribution in [0.25, 0.3) is 0 Å². The summed E-state index contributed by atoms with van der Waals surface area (Å²) in [4.78, 5) is 23.8. The van der Waals surface area contributed by atoms with Gasteiger partial charge in [0.1, 0.15) is 0 Å². The minimum Gasteiger partial charge on any atom is -0.480 e. The molecule has 2 N–H and O–H groups in total. The first-order valence-electron chi connectivity index (χ1n) is 13.6. The van der Waals surface area contributed by atoms with Crippen molar-refractivity contribution >= 4 is 11.9 Å². The van der Waals surface area contributed by atoms with E-state index < -0.39 is 17.4 Å². The molecule has 0 spiro atoms. The molecule has 0 saturated carbocycles. The molecule has 0 aromatic rings. The van der Waals surface area contributed by atoms with Gasteiger partial charge in [0.05, 0.1) is 0 Å². The van der Waals surface area contributed by atoms with Crippen LogP contribution in [0.15, 0.2) is 0 Å². The molecule has 0 aliphatic heterocycles. The maximum absolute atomic E-state index is 11.9. The smallest absolute Gasteiger partial charge is 0.321 e. The fraction of sp³-hybridized carbons (Fsp3) is 0.929. The lowest BCUT2D eigenvalue weighted by atomic mass is 9.78. The summed E-state index contributed by atoms with van der Waals surface area (Å²) in [6.45, 7) is 9.08. The van der Waals surface area contributed by atoms with Gasteiger partial charge < -0.3 is 10.2 Å². The highest BCUT2D eigenvalue weighted by Gasteiger charge is 2.45. The van der Waals surface area contributed by atoms with E-state index >= 15 is 0 Å². The molecule has 0 amide bonds. The molecule has 0 aromatic carbocycles. The van der Waals surface area contributed by atoms with Crippen molar-refractivity contribution in [3.63, 3.8) is 0 Å². The van der Waals surface area contributed by atoms with Crippen LogP contribution in [-0.2, 0) is 9.59 Å². The number of hydrogen-bond donors (Lipinski definition) is 2. The van der Waals surface area contributed by atoms with Crippen LogP contribution in [0.4, 0.5) is 0 Å². The Morgan fingerprint density at radius 2 is 0.781 bits per heavy atom. The van der Waals surface area contributed by atoms with Crippen molar-refractivity contribution in [1.29, 1.82) is 0 Å². The second-order valence-corrected chi connectivity index (χ2v) is 11.2. The van der Waals surface area contributed by atoms with Crippen molar-refractivity contribution in [1.82, 2.24) is 0 Å². The number of hydrogen-bond acceptors (Lipinski definition) is 2. The second-order valence-electron chi connectivity index (χ2n) is 11.2. The summed E-state index contributed by atoms with van der Waals surface area (Å²) in [5, 5.41) is 19.4. The zero-order valence-corrected chi connectivity index (χ0v) is 21.9. The van der Waals surface area contributed by atoms with E-state index in [4.69, 9.17) is 0 Å². The zero-order valence-electron chi connectivity index (χ0n) is 21.9.